The Labute approximate surface area is 140 Å². The number of hydrogen-bond acceptors (Lipinski definition) is 3. The third-order valence-electron chi connectivity index (χ3n) is 4.34. The number of rotatable bonds is 2. The Hall–Kier alpha value is -2.92. The fourth-order valence-corrected chi connectivity index (χ4v) is 3.06. The maximum Gasteiger partial charge on any atom is 0.322 e. The van der Waals surface area contributed by atoms with Crippen molar-refractivity contribution in [1.29, 1.82) is 0 Å². The van der Waals surface area contributed by atoms with Gasteiger partial charge in [-0.05, 0) is 17.7 Å². The van der Waals surface area contributed by atoms with E-state index in [1.165, 1.54) is 5.56 Å². The average Bonchev–Trinajstić information content (AvgIpc) is 3.13. The molecule has 0 spiro atoms. The molecule has 2 heterocycles. The number of hydrogen-bond donors (Lipinski definition) is 2. The molecule has 0 aliphatic carbocycles. The van der Waals surface area contributed by atoms with E-state index >= 15 is 0 Å². The van der Waals surface area contributed by atoms with Crippen molar-refractivity contribution in [3.8, 4) is 0 Å². The summed E-state index contributed by atoms with van der Waals surface area (Å²) in [7, 11) is 0. The Morgan fingerprint density at radius 1 is 1.12 bits per heavy atom. The van der Waals surface area contributed by atoms with Gasteiger partial charge in [-0.1, -0.05) is 42.5 Å². The molecule has 5 heteroatoms. The summed E-state index contributed by atoms with van der Waals surface area (Å²) in [6, 6.07) is 18.0. The second-order valence-electron chi connectivity index (χ2n) is 5.88. The highest BCUT2D eigenvalue weighted by molar-refractivity contribution is 6.01. The van der Waals surface area contributed by atoms with E-state index in [0.717, 1.165) is 16.5 Å². The molecule has 24 heavy (non-hydrogen) atoms. The molecule has 0 radical (unpaired) electrons. The molecule has 5 nitrogen and oxygen atoms in total. The number of carbonyl (C=O) groups excluding carboxylic acids is 1. The van der Waals surface area contributed by atoms with E-state index in [0.29, 0.717) is 13.2 Å². The lowest BCUT2D eigenvalue weighted by Gasteiger charge is -2.17. The number of pyridine rings is 1. The van der Waals surface area contributed by atoms with Gasteiger partial charge >= 0.3 is 6.03 Å². The summed E-state index contributed by atoms with van der Waals surface area (Å²) in [5.74, 6) is 0. The molecular formula is C19H18N4O. The predicted molar refractivity (Wildman–Crippen MR) is 94.7 cm³/mol. The van der Waals surface area contributed by atoms with Crippen molar-refractivity contribution in [2.24, 2.45) is 0 Å². The monoisotopic (exact) mass is 318 g/mol. The first-order valence-corrected chi connectivity index (χ1v) is 7.98. The highest BCUT2D eigenvalue weighted by Crippen LogP contribution is 2.24. The third-order valence-corrected chi connectivity index (χ3v) is 4.34. The van der Waals surface area contributed by atoms with Crippen LogP contribution in [-0.2, 0) is 0 Å². The molecule has 2 aromatic carbocycles. The molecule has 1 fully saturated rings. The third kappa shape index (κ3) is 2.81. The van der Waals surface area contributed by atoms with Crippen LogP contribution in [0.1, 0.15) is 11.6 Å². The Balaban J connectivity index is 1.49. The SMILES string of the molecule is O=C(Nc1cccc2cnccc12)N1CN[C@@H](c2ccccc2)C1. The molecule has 1 aliphatic heterocycles. The van der Waals surface area contributed by atoms with Gasteiger partial charge < -0.3 is 10.2 Å². The summed E-state index contributed by atoms with van der Waals surface area (Å²) in [5, 5.41) is 8.40. The number of nitrogens with one attached hydrogen (secondary N) is 2. The second kappa shape index (κ2) is 6.29. The molecule has 3 aromatic rings. The van der Waals surface area contributed by atoms with E-state index in [4.69, 9.17) is 0 Å². The number of amides is 2. The Morgan fingerprint density at radius 2 is 2.00 bits per heavy atom. The van der Waals surface area contributed by atoms with Crippen molar-refractivity contribution in [2.45, 2.75) is 6.04 Å². The van der Waals surface area contributed by atoms with Crippen molar-refractivity contribution in [2.75, 3.05) is 18.5 Å². The lowest BCUT2D eigenvalue weighted by atomic mass is 10.1. The van der Waals surface area contributed by atoms with Crippen LogP contribution in [0.5, 0.6) is 0 Å². The first-order chi connectivity index (χ1) is 11.8. The summed E-state index contributed by atoms with van der Waals surface area (Å²) < 4.78 is 0. The molecule has 0 bridgehead atoms. The highest BCUT2D eigenvalue weighted by Gasteiger charge is 2.26. The van der Waals surface area contributed by atoms with E-state index in [1.807, 2.05) is 42.5 Å². The molecule has 1 aromatic heterocycles. The number of carbonyl (C=O) groups is 1. The minimum absolute atomic E-state index is 0.0924. The van der Waals surface area contributed by atoms with Crippen LogP contribution in [0.15, 0.2) is 67.0 Å². The molecular weight excluding hydrogens is 300 g/mol. The maximum atomic E-state index is 12.6. The molecule has 0 unspecified atom stereocenters. The molecule has 120 valence electrons. The van der Waals surface area contributed by atoms with Crippen molar-refractivity contribution in [3.05, 3.63) is 72.6 Å². The van der Waals surface area contributed by atoms with Gasteiger partial charge in [-0.2, -0.15) is 0 Å². The van der Waals surface area contributed by atoms with E-state index in [-0.39, 0.29) is 12.1 Å². The van der Waals surface area contributed by atoms with Crippen molar-refractivity contribution in [3.63, 3.8) is 0 Å². The lowest BCUT2D eigenvalue weighted by Crippen LogP contribution is -2.33. The number of nitrogens with zero attached hydrogens (tertiary/aromatic N) is 2. The van der Waals surface area contributed by atoms with Gasteiger partial charge in [-0.25, -0.2) is 4.79 Å². The minimum atomic E-state index is -0.0924. The summed E-state index contributed by atoms with van der Waals surface area (Å²) >= 11 is 0. The number of aromatic nitrogens is 1. The van der Waals surface area contributed by atoms with Crippen LogP contribution >= 0.6 is 0 Å². The summed E-state index contributed by atoms with van der Waals surface area (Å²) in [5.41, 5.74) is 2.01. The first kappa shape index (κ1) is 14.7. The molecule has 4 rings (SSSR count). The van der Waals surface area contributed by atoms with Gasteiger partial charge in [-0.15, -0.1) is 0 Å². The first-order valence-electron chi connectivity index (χ1n) is 7.98. The number of anilines is 1. The average molecular weight is 318 g/mol. The van der Waals surface area contributed by atoms with Gasteiger partial charge in [0.25, 0.3) is 0 Å². The van der Waals surface area contributed by atoms with Gasteiger partial charge in [-0.3, -0.25) is 10.3 Å². The van der Waals surface area contributed by atoms with Crippen LogP contribution in [0.2, 0.25) is 0 Å². The zero-order valence-electron chi connectivity index (χ0n) is 13.1. The topological polar surface area (TPSA) is 57.3 Å². The highest BCUT2D eigenvalue weighted by atomic mass is 16.2. The van der Waals surface area contributed by atoms with Gasteiger partial charge in [0.1, 0.15) is 0 Å². The Kier molecular flexibility index (Phi) is 3.84. The smallest absolute Gasteiger partial charge is 0.310 e. The van der Waals surface area contributed by atoms with E-state index in [2.05, 4.69) is 27.8 Å². The van der Waals surface area contributed by atoms with E-state index in [1.54, 1.807) is 17.3 Å². The second-order valence-corrected chi connectivity index (χ2v) is 5.88. The van der Waals surface area contributed by atoms with Crippen LogP contribution in [0, 0.1) is 0 Å². The molecule has 2 N–H and O–H groups in total. The van der Waals surface area contributed by atoms with Crippen molar-refractivity contribution >= 4 is 22.5 Å². The molecule has 1 aliphatic rings. The normalized spacial score (nSPS) is 17.2. The minimum Gasteiger partial charge on any atom is -0.310 e. The molecule has 1 saturated heterocycles. The van der Waals surface area contributed by atoms with Crippen LogP contribution in [0.4, 0.5) is 10.5 Å². The van der Waals surface area contributed by atoms with E-state index in [9.17, 15) is 4.79 Å². The largest absolute Gasteiger partial charge is 0.322 e. The lowest BCUT2D eigenvalue weighted by molar-refractivity contribution is 0.221. The van der Waals surface area contributed by atoms with Crippen LogP contribution in [0.25, 0.3) is 10.8 Å². The van der Waals surface area contributed by atoms with Crippen LogP contribution < -0.4 is 10.6 Å². The van der Waals surface area contributed by atoms with Gasteiger partial charge in [0.2, 0.25) is 0 Å². The molecule has 1 atom stereocenters. The number of urea groups is 1. The predicted octanol–water partition coefficient (Wildman–Crippen LogP) is 3.37. The fourth-order valence-electron chi connectivity index (χ4n) is 3.06. The number of fused-ring (bicyclic) bond motifs is 1. The fraction of sp³-hybridized carbons (Fsp3) is 0.158. The van der Waals surface area contributed by atoms with Gasteiger partial charge in [0, 0.05) is 29.7 Å². The van der Waals surface area contributed by atoms with E-state index < -0.39 is 0 Å². The molecule has 2 amide bonds. The van der Waals surface area contributed by atoms with Crippen molar-refractivity contribution in [1.82, 2.24) is 15.2 Å². The zero-order valence-corrected chi connectivity index (χ0v) is 13.1. The van der Waals surface area contributed by atoms with Crippen LogP contribution in [-0.4, -0.2) is 29.1 Å². The summed E-state index contributed by atoms with van der Waals surface area (Å²) in [6.07, 6.45) is 3.54. The zero-order chi connectivity index (χ0) is 16.4. The van der Waals surface area contributed by atoms with Gasteiger partial charge in [0.05, 0.1) is 18.4 Å². The number of benzene rings is 2. The summed E-state index contributed by atoms with van der Waals surface area (Å²) in [6.45, 7) is 1.19. The van der Waals surface area contributed by atoms with Gasteiger partial charge in [0.15, 0.2) is 0 Å². The Morgan fingerprint density at radius 3 is 2.88 bits per heavy atom. The van der Waals surface area contributed by atoms with Crippen LogP contribution in [0.3, 0.4) is 0 Å². The quantitative estimate of drug-likeness (QED) is 0.761. The molecule has 0 saturated carbocycles. The maximum absolute atomic E-state index is 12.6. The van der Waals surface area contributed by atoms with Crippen molar-refractivity contribution < 1.29 is 4.79 Å². The standard InChI is InChI=1S/C19H18N4O/c24-19(22-17-8-4-7-15-11-20-10-9-16(15)17)23-12-18(21-13-23)14-5-2-1-3-6-14/h1-11,18,21H,12-13H2,(H,22,24)/t18-/m1/s1. The Bertz CT molecular complexity index is 860. The summed E-state index contributed by atoms with van der Waals surface area (Å²) in [4.78, 5) is 18.5.